The number of phenolic OH excluding ortho intramolecular Hbond substituents is 2. The zero-order chi connectivity index (χ0) is 44.7. The van der Waals surface area contributed by atoms with Crippen molar-refractivity contribution in [1.82, 2.24) is 16.3 Å². The normalized spacial score (nSPS) is 12.3. The van der Waals surface area contributed by atoms with Crippen molar-refractivity contribution in [2.45, 2.75) is 52.7 Å². The van der Waals surface area contributed by atoms with Crippen molar-refractivity contribution in [3.63, 3.8) is 0 Å². The lowest BCUT2D eigenvalue weighted by molar-refractivity contribution is -0.145. The predicted molar refractivity (Wildman–Crippen MR) is 224 cm³/mol. The second-order valence-corrected chi connectivity index (χ2v) is 14.3. The van der Waals surface area contributed by atoms with Gasteiger partial charge in [-0.25, -0.2) is 15.5 Å². The first-order valence-corrected chi connectivity index (χ1v) is 18.7. The molecule has 0 saturated heterocycles. The van der Waals surface area contributed by atoms with Gasteiger partial charge in [-0.2, -0.15) is 0 Å². The van der Waals surface area contributed by atoms with Gasteiger partial charge in [-0.1, -0.05) is 70.7 Å². The number of rotatable bonds is 10. The number of aliphatic hydroxyl groups excluding tert-OH is 2. The van der Waals surface area contributed by atoms with E-state index in [1.165, 1.54) is 50.2 Å². The van der Waals surface area contributed by atoms with Gasteiger partial charge in [0.25, 0.3) is 11.8 Å². The van der Waals surface area contributed by atoms with Crippen LogP contribution in [0.3, 0.4) is 0 Å². The topological polar surface area (TPSA) is 240 Å². The quantitative estimate of drug-likeness (QED) is 0.0341. The maximum absolute atomic E-state index is 12.5. The van der Waals surface area contributed by atoms with Crippen molar-refractivity contribution in [3.8, 4) is 11.5 Å². The SMILES string of the molecule is NNC(=O)c1ccc(O)c(Cl)c1.[C-]#[N+]c1ccc(C[C@@H](C(=O)NNC(=O)c2ccc(O)c(Cl)c2)[C@H](C)O)c(C)c1Cl.[C-]#[N+]c1ccc(C[C@@H](C(=O)O)[C@H](C)O)c(C)c1Cl. The van der Waals surface area contributed by atoms with Gasteiger partial charge >= 0.3 is 5.97 Å². The maximum Gasteiger partial charge on any atom is 0.309 e. The first-order valence-electron chi connectivity index (χ1n) is 17.2. The van der Waals surface area contributed by atoms with Crippen LogP contribution >= 0.6 is 46.4 Å². The van der Waals surface area contributed by atoms with Crippen molar-refractivity contribution in [3.05, 3.63) is 137 Å². The van der Waals surface area contributed by atoms with E-state index in [-0.39, 0.29) is 39.9 Å². The van der Waals surface area contributed by atoms with Crippen LogP contribution in [0, 0.1) is 38.8 Å². The van der Waals surface area contributed by atoms with Crippen LogP contribution in [0.4, 0.5) is 11.4 Å². The van der Waals surface area contributed by atoms with E-state index >= 15 is 0 Å². The van der Waals surface area contributed by atoms with E-state index in [1.54, 1.807) is 38.1 Å². The summed E-state index contributed by atoms with van der Waals surface area (Å²) in [6, 6.07) is 14.4. The number of carboxylic acids is 1. The molecule has 4 rings (SSSR count). The number of carboxylic acid groups (broad SMARTS) is 1. The van der Waals surface area contributed by atoms with Crippen molar-refractivity contribution < 1.29 is 44.7 Å². The Morgan fingerprint density at radius 3 is 1.44 bits per heavy atom. The fourth-order valence-corrected chi connectivity index (χ4v) is 5.93. The Morgan fingerprint density at radius 1 is 0.678 bits per heavy atom. The summed E-state index contributed by atoms with van der Waals surface area (Å²) in [4.78, 5) is 53.2. The molecule has 0 unspecified atom stereocenters. The predicted octanol–water partition coefficient (Wildman–Crippen LogP) is 7.03. The molecule has 0 heterocycles. The Morgan fingerprint density at radius 2 is 1.08 bits per heavy atom. The molecule has 59 heavy (non-hydrogen) atoms. The number of carbonyl (C=O) groups is 4. The molecular weight excluding hydrogens is 850 g/mol. The average molecular weight is 891 g/mol. The molecule has 0 aliphatic rings. The zero-order valence-electron chi connectivity index (χ0n) is 31.8. The zero-order valence-corrected chi connectivity index (χ0v) is 34.9. The number of nitrogens with zero attached hydrogens (tertiary/aromatic N) is 2. The summed E-state index contributed by atoms with van der Waals surface area (Å²) < 4.78 is 0. The van der Waals surface area contributed by atoms with Crippen LogP contribution in [-0.4, -0.2) is 61.4 Å². The fraction of sp³-hybridized carbons (Fsp3) is 0.250. The van der Waals surface area contributed by atoms with Gasteiger partial charge in [0.1, 0.15) is 11.5 Å². The monoisotopic (exact) mass is 888 g/mol. The first-order chi connectivity index (χ1) is 27.7. The van der Waals surface area contributed by atoms with Gasteiger partial charge in [-0.15, -0.1) is 0 Å². The van der Waals surface area contributed by atoms with Crippen molar-refractivity contribution in [2.24, 2.45) is 17.7 Å². The minimum atomic E-state index is -1.05. The van der Waals surface area contributed by atoms with Crippen molar-refractivity contribution >= 4 is 81.5 Å². The summed E-state index contributed by atoms with van der Waals surface area (Å²) in [6.45, 7) is 20.4. The van der Waals surface area contributed by atoms with Gasteiger partial charge in [0.05, 0.1) is 57.3 Å². The number of aromatic hydroxyl groups is 2. The lowest BCUT2D eigenvalue weighted by Crippen LogP contribution is -2.47. The van der Waals surface area contributed by atoms with Crippen LogP contribution in [-0.2, 0) is 22.4 Å². The third kappa shape index (κ3) is 14.0. The summed E-state index contributed by atoms with van der Waals surface area (Å²) in [6.07, 6.45) is -1.60. The highest BCUT2D eigenvalue weighted by molar-refractivity contribution is 6.34. The minimum Gasteiger partial charge on any atom is -0.506 e. The number of amides is 3. The number of phenols is 2. The number of hydrogen-bond donors (Lipinski definition) is 9. The lowest BCUT2D eigenvalue weighted by atomic mass is 9.91. The Kier molecular flexibility index (Phi) is 19.4. The molecule has 0 fully saturated rings. The largest absolute Gasteiger partial charge is 0.506 e. The number of hydrogen-bond acceptors (Lipinski definition) is 9. The molecule has 15 nitrogen and oxygen atoms in total. The number of halogens is 4. The second-order valence-electron chi connectivity index (χ2n) is 12.8. The highest BCUT2D eigenvalue weighted by Crippen LogP contribution is 2.33. The molecule has 3 amide bonds. The Labute approximate surface area is 359 Å². The highest BCUT2D eigenvalue weighted by Gasteiger charge is 2.27. The number of aliphatic hydroxyl groups is 2. The van der Waals surface area contributed by atoms with Crippen LogP contribution in [0.25, 0.3) is 9.69 Å². The third-order valence-corrected chi connectivity index (χ3v) is 10.3. The van der Waals surface area contributed by atoms with Crippen LogP contribution < -0.4 is 22.1 Å². The number of aliphatic carboxylic acids is 1. The van der Waals surface area contributed by atoms with Crippen molar-refractivity contribution in [1.29, 1.82) is 0 Å². The smallest absolute Gasteiger partial charge is 0.309 e. The number of carbonyl (C=O) groups excluding carboxylic acids is 3. The molecule has 0 aliphatic heterocycles. The standard InChI is InChI=1S/C20H19Cl2N3O4.C13H14ClNO3.C7H7ClN2O2/c1-10-12(4-6-16(23-3)18(10)22)8-14(11(2)26)20(29)25-24-19(28)13-5-7-17(27)15(21)9-13;1-7-9(4-5-11(15-3)12(7)14)6-10(8(2)16)13(17)18;8-5-3-4(7(12)10-9)1-2-6(5)11/h4-7,9,11,14,26-27H,8H2,1-2H3,(H,24,28)(H,25,29);4-5,8,10,16H,6H2,1-2H3,(H,17,18);1-3,11H,9H2,(H,10,12)/t11-,14+;8-,10+;/m00./s1. The summed E-state index contributed by atoms with van der Waals surface area (Å²) in [5.41, 5.74) is 10.4. The van der Waals surface area contributed by atoms with Crippen LogP contribution in [0.15, 0.2) is 60.7 Å². The molecule has 0 aromatic heterocycles. The van der Waals surface area contributed by atoms with E-state index in [2.05, 4.69) is 20.5 Å². The number of nitrogen functional groups attached to an aromatic ring is 1. The Bertz CT molecular complexity index is 2280. The number of hydrazine groups is 2. The van der Waals surface area contributed by atoms with Crippen LogP contribution in [0.2, 0.25) is 20.1 Å². The molecule has 10 N–H and O–H groups in total. The van der Waals surface area contributed by atoms with E-state index in [1.807, 2.05) is 5.43 Å². The van der Waals surface area contributed by atoms with Crippen molar-refractivity contribution in [2.75, 3.05) is 0 Å². The number of benzene rings is 4. The molecular formula is C40H40Cl4N6O9. The molecule has 4 atom stereocenters. The first kappa shape index (κ1) is 49.5. The molecule has 0 bridgehead atoms. The van der Waals surface area contributed by atoms with Gasteiger partial charge < -0.3 is 25.5 Å². The minimum absolute atomic E-state index is 0.000971. The molecule has 4 aromatic carbocycles. The van der Waals surface area contributed by atoms with E-state index in [0.29, 0.717) is 43.7 Å². The van der Waals surface area contributed by atoms with Crippen LogP contribution in [0.1, 0.15) is 56.8 Å². The van der Waals surface area contributed by atoms with Crippen LogP contribution in [0.5, 0.6) is 11.5 Å². The van der Waals surface area contributed by atoms with E-state index < -0.39 is 47.7 Å². The summed E-state index contributed by atoms with van der Waals surface area (Å²) in [5.74, 6) is 0.189. The lowest BCUT2D eigenvalue weighted by Gasteiger charge is -2.21. The van der Waals surface area contributed by atoms with Gasteiger partial charge in [-0.05, 0) is 99.2 Å². The van der Waals surface area contributed by atoms with E-state index in [9.17, 15) is 34.5 Å². The molecule has 0 spiro atoms. The van der Waals surface area contributed by atoms with Gasteiger partial charge in [0, 0.05) is 11.1 Å². The maximum atomic E-state index is 12.5. The van der Waals surface area contributed by atoms with Gasteiger partial charge in [-0.3, -0.25) is 35.5 Å². The Hall–Kier alpha value is -5.62. The molecule has 0 aliphatic carbocycles. The Balaban J connectivity index is 0.000000339. The summed E-state index contributed by atoms with van der Waals surface area (Å²) in [7, 11) is 0. The van der Waals surface area contributed by atoms with E-state index in [4.69, 9.17) is 75.6 Å². The summed E-state index contributed by atoms with van der Waals surface area (Å²) in [5, 5.41) is 47.7. The number of nitrogens with two attached hydrogens (primary N) is 1. The molecule has 4 aromatic rings. The van der Waals surface area contributed by atoms with Gasteiger partial charge in [0.15, 0.2) is 0 Å². The second kappa shape index (κ2) is 23.1. The molecule has 0 saturated carbocycles. The third-order valence-electron chi connectivity index (χ3n) is 8.75. The van der Waals surface area contributed by atoms with E-state index in [0.717, 1.165) is 5.56 Å². The fourth-order valence-electron chi connectivity index (χ4n) is 5.12. The summed E-state index contributed by atoms with van der Waals surface area (Å²) >= 11 is 23.5. The molecule has 0 radical (unpaired) electrons. The molecule has 312 valence electrons. The average Bonchev–Trinajstić information content (AvgIpc) is 3.19. The number of nitrogens with one attached hydrogen (secondary N) is 3. The highest BCUT2D eigenvalue weighted by atomic mass is 35.5. The molecule has 19 heteroatoms. The van der Waals surface area contributed by atoms with Gasteiger partial charge in [0.2, 0.25) is 17.3 Å².